The summed E-state index contributed by atoms with van der Waals surface area (Å²) in [5.41, 5.74) is -0.714. The Morgan fingerprint density at radius 2 is 1.20 bits per heavy atom. The van der Waals surface area contributed by atoms with Crippen molar-refractivity contribution in [3.8, 4) is 0 Å². The van der Waals surface area contributed by atoms with Crippen molar-refractivity contribution in [1.29, 1.82) is 0 Å². The van der Waals surface area contributed by atoms with Crippen molar-refractivity contribution >= 4 is 0 Å². The number of aliphatic hydroxyl groups excluding tert-OH is 1. The first-order chi connectivity index (χ1) is 9.36. The second-order valence-corrected chi connectivity index (χ2v) is 4.28. The number of benzene rings is 2. The van der Waals surface area contributed by atoms with Crippen LogP contribution in [0, 0.1) is 29.1 Å². The van der Waals surface area contributed by atoms with Crippen molar-refractivity contribution in [2.45, 2.75) is 12.5 Å². The quantitative estimate of drug-likeness (QED) is 0.855. The highest BCUT2D eigenvalue weighted by molar-refractivity contribution is 5.26. The summed E-state index contributed by atoms with van der Waals surface area (Å²) in [4.78, 5) is 0. The van der Waals surface area contributed by atoms with Gasteiger partial charge >= 0.3 is 0 Å². The second kappa shape index (κ2) is 5.58. The number of hydrogen-bond acceptors (Lipinski definition) is 1. The Labute approximate surface area is 111 Å². The van der Waals surface area contributed by atoms with Gasteiger partial charge in [-0.1, -0.05) is 0 Å². The zero-order valence-corrected chi connectivity index (χ0v) is 10.0. The second-order valence-electron chi connectivity index (χ2n) is 4.28. The molecule has 1 atom stereocenters. The zero-order chi connectivity index (χ0) is 14.9. The van der Waals surface area contributed by atoms with Crippen LogP contribution >= 0.6 is 0 Å². The molecule has 0 bridgehead atoms. The molecular formula is C14H9F5O. The number of halogens is 5. The van der Waals surface area contributed by atoms with E-state index in [9.17, 15) is 27.1 Å². The van der Waals surface area contributed by atoms with Crippen molar-refractivity contribution in [2.24, 2.45) is 0 Å². The lowest BCUT2D eigenvalue weighted by Crippen LogP contribution is -2.08. The third kappa shape index (κ3) is 3.14. The zero-order valence-electron chi connectivity index (χ0n) is 10.0. The minimum absolute atomic E-state index is 0.0260. The van der Waals surface area contributed by atoms with E-state index in [2.05, 4.69) is 0 Å². The molecule has 0 saturated carbocycles. The maximum absolute atomic E-state index is 13.4. The topological polar surface area (TPSA) is 20.2 Å². The van der Waals surface area contributed by atoms with Gasteiger partial charge in [-0.15, -0.1) is 0 Å². The van der Waals surface area contributed by atoms with E-state index in [1.165, 1.54) is 0 Å². The molecule has 0 spiro atoms. The maximum Gasteiger partial charge on any atom is 0.134 e. The molecule has 106 valence electrons. The van der Waals surface area contributed by atoms with Crippen LogP contribution in [0.5, 0.6) is 0 Å². The third-order valence-corrected chi connectivity index (χ3v) is 2.73. The number of hydrogen-bond donors (Lipinski definition) is 1. The van der Waals surface area contributed by atoms with E-state index in [1.54, 1.807) is 0 Å². The lowest BCUT2D eigenvalue weighted by molar-refractivity contribution is 0.168. The molecule has 0 aromatic heterocycles. The van der Waals surface area contributed by atoms with E-state index in [-0.39, 0.29) is 5.56 Å². The van der Waals surface area contributed by atoms with E-state index in [0.717, 1.165) is 12.1 Å². The first-order valence-electron chi connectivity index (χ1n) is 5.64. The molecule has 6 heteroatoms. The van der Waals surface area contributed by atoms with Crippen LogP contribution in [0.15, 0.2) is 30.3 Å². The van der Waals surface area contributed by atoms with Gasteiger partial charge in [-0.25, -0.2) is 22.0 Å². The van der Waals surface area contributed by atoms with E-state index >= 15 is 0 Å². The Morgan fingerprint density at radius 1 is 0.750 bits per heavy atom. The fraction of sp³-hybridized carbons (Fsp3) is 0.143. The van der Waals surface area contributed by atoms with Gasteiger partial charge in [-0.2, -0.15) is 0 Å². The highest BCUT2D eigenvalue weighted by Crippen LogP contribution is 2.25. The molecule has 2 rings (SSSR count). The lowest BCUT2D eigenvalue weighted by Gasteiger charge is -2.13. The Balaban J connectivity index is 2.30. The summed E-state index contributed by atoms with van der Waals surface area (Å²) in [6, 6.07) is 3.35. The van der Waals surface area contributed by atoms with Gasteiger partial charge in [0.05, 0.1) is 11.7 Å². The smallest absolute Gasteiger partial charge is 0.134 e. The van der Waals surface area contributed by atoms with Gasteiger partial charge in [-0.05, 0) is 17.7 Å². The summed E-state index contributed by atoms with van der Waals surface area (Å²) in [5, 5.41) is 9.76. The predicted octanol–water partition coefficient (Wildman–Crippen LogP) is 3.66. The molecule has 0 radical (unpaired) electrons. The average molecular weight is 288 g/mol. The van der Waals surface area contributed by atoms with Gasteiger partial charge in [0.15, 0.2) is 0 Å². The van der Waals surface area contributed by atoms with Crippen LogP contribution in [0.25, 0.3) is 0 Å². The molecule has 2 aromatic carbocycles. The summed E-state index contributed by atoms with van der Waals surface area (Å²) >= 11 is 0. The molecule has 1 N–H and O–H groups in total. The molecule has 20 heavy (non-hydrogen) atoms. The summed E-state index contributed by atoms with van der Waals surface area (Å²) < 4.78 is 65.6. The first kappa shape index (κ1) is 14.5. The van der Waals surface area contributed by atoms with Crippen LogP contribution < -0.4 is 0 Å². The van der Waals surface area contributed by atoms with E-state index in [4.69, 9.17) is 0 Å². The molecule has 0 amide bonds. The van der Waals surface area contributed by atoms with Crippen molar-refractivity contribution in [2.75, 3.05) is 0 Å². The van der Waals surface area contributed by atoms with Crippen LogP contribution in [0.4, 0.5) is 22.0 Å². The minimum Gasteiger partial charge on any atom is -0.388 e. The van der Waals surface area contributed by atoms with Crippen molar-refractivity contribution in [1.82, 2.24) is 0 Å². The fourth-order valence-electron chi connectivity index (χ4n) is 1.93. The molecule has 0 aliphatic rings. The predicted molar refractivity (Wildman–Crippen MR) is 61.3 cm³/mol. The first-order valence-corrected chi connectivity index (χ1v) is 5.64. The standard InChI is InChI=1S/C14H9F5O/c15-8-1-7(2-9(16)4-8)3-13(20)14-11(18)5-10(17)6-12(14)19/h1-2,4-6,13,20H,3H2. The maximum atomic E-state index is 13.4. The largest absolute Gasteiger partial charge is 0.388 e. The van der Waals surface area contributed by atoms with Gasteiger partial charge in [0, 0.05) is 24.6 Å². The summed E-state index contributed by atoms with van der Waals surface area (Å²) in [5.74, 6) is -5.37. The van der Waals surface area contributed by atoms with E-state index in [1.807, 2.05) is 0 Å². The Kier molecular flexibility index (Phi) is 4.04. The monoisotopic (exact) mass is 288 g/mol. The fourth-order valence-corrected chi connectivity index (χ4v) is 1.93. The van der Waals surface area contributed by atoms with Crippen molar-refractivity contribution in [3.63, 3.8) is 0 Å². The Bertz CT molecular complexity index is 598. The number of aliphatic hydroxyl groups is 1. The summed E-state index contributed by atoms with van der Waals surface area (Å²) in [6.45, 7) is 0. The third-order valence-electron chi connectivity index (χ3n) is 2.73. The van der Waals surface area contributed by atoms with Crippen LogP contribution in [0.3, 0.4) is 0 Å². The van der Waals surface area contributed by atoms with E-state index in [0.29, 0.717) is 18.2 Å². The minimum atomic E-state index is -1.68. The molecule has 1 nitrogen and oxygen atoms in total. The van der Waals surface area contributed by atoms with Gasteiger partial charge in [-0.3, -0.25) is 0 Å². The Morgan fingerprint density at radius 3 is 1.70 bits per heavy atom. The molecule has 2 aromatic rings. The molecular weight excluding hydrogens is 279 g/mol. The Hall–Kier alpha value is -1.95. The van der Waals surface area contributed by atoms with E-state index < -0.39 is 47.2 Å². The van der Waals surface area contributed by atoms with Gasteiger partial charge in [0.2, 0.25) is 0 Å². The van der Waals surface area contributed by atoms with Crippen LogP contribution in [0.1, 0.15) is 17.2 Å². The molecule has 0 saturated heterocycles. The SMILES string of the molecule is OC(Cc1cc(F)cc(F)c1)c1c(F)cc(F)cc1F. The summed E-state index contributed by atoms with van der Waals surface area (Å²) in [7, 11) is 0. The van der Waals surface area contributed by atoms with Crippen LogP contribution in [-0.2, 0) is 6.42 Å². The normalized spacial score (nSPS) is 12.5. The van der Waals surface area contributed by atoms with Gasteiger partial charge in [0.25, 0.3) is 0 Å². The number of rotatable bonds is 3. The van der Waals surface area contributed by atoms with Crippen molar-refractivity contribution < 1.29 is 27.1 Å². The highest BCUT2D eigenvalue weighted by Gasteiger charge is 2.20. The molecule has 0 fully saturated rings. The van der Waals surface area contributed by atoms with Gasteiger partial charge in [0.1, 0.15) is 29.1 Å². The average Bonchev–Trinajstić information content (AvgIpc) is 2.25. The van der Waals surface area contributed by atoms with Gasteiger partial charge < -0.3 is 5.11 Å². The molecule has 0 heterocycles. The molecule has 0 aliphatic carbocycles. The molecule has 0 aliphatic heterocycles. The van der Waals surface area contributed by atoms with Crippen LogP contribution in [0.2, 0.25) is 0 Å². The molecule has 1 unspecified atom stereocenters. The summed E-state index contributed by atoms with van der Waals surface area (Å²) in [6.07, 6.45) is -2.09. The lowest BCUT2D eigenvalue weighted by atomic mass is 10.00. The van der Waals surface area contributed by atoms with Crippen LogP contribution in [-0.4, -0.2) is 5.11 Å². The van der Waals surface area contributed by atoms with Crippen molar-refractivity contribution in [3.05, 3.63) is 70.5 Å². The highest BCUT2D eigenvalue weighted by atomic mass is 19.2.